The standard InChI is InChI=1S/C25H22ClIN2O4S/c1-13(2)33-24(31)21-14(3)28-25-29(22(21)16-6-8-17(26)9-7-16)23(30)20(34-25)12-15-5-10-19(32-4)18(27)11-15/h5-13,22H,1-4H3/b20-12-. The predicted octanol–water partition coefficient (Wildman–Crippen LogP) is 4.45. The number of thiazole rings is 1. The minimum absolute atomic E-state index is 0.225. The van der Waals surface area contributed by atoms with Gasteiger partial charge in [0.15, 0.2) is 4.80 Å². The molecule has 3 aromatic rings. The highest BCUT2D eigenvalue weighted by Crippen LogP contribution is 2.31. The molecule has 0 saturated heterocycles. The van der Waals surface area contributed by atoms with Crippen LogP contribution in [-0.2, 0) is 9.53 Å². The SMILES string of the molecule is COc1ccc(/C=c2\sc3n(c2=O)C(c2ccc(Cl)cc2)C(C(=O)OC(C)C)=C(C)N=3)cc1I. The molecular formula is C25H22ClIN2O4S. The molecule has 1 atom stereocenters. The molecule has 0 fully saturated rings. The Kier molecular flexibility index (Phi) is 7.30. The Morgan fingerprint density at radius 2 is 1.94 bits per heavy atom. The number of aromatic nitrogens is 1. The smallest absolute Gasteiger partial charge is 0.338 e. The number of halogens is 2. The molecule has 0 radical (unpaired) electrons. The number of ether oxygens (including phenoxy) is 2. The van der Waals surface area contributed by atoms with E-state index in [1.165, 1.54) is 11.3 Å². The lowest BCUT2D eigenvalue weighted by Gasteiger charge is -2.25. The number of nitrogens with zero attached hydrogens (tertiary/aromatic N) is 2. The first-order valence-corrected chi connectivity index (χ1v) is 12.8. The molecule has 1 unspecified atom stereocenters. The van der Waals surface area contributed by atoms with Crippen molar-refractivity contribution in [1.29, 1.82) is 0 Å². The number of allylic oxidation sites excluding steroid dienone is 1. The second kappa shape index (κ2) is 10.1. The molecule has 1 aliphatic heterocycles. The van der Waals surface area contributed by atoms with Crippen molar-refractivity contribution in [3.8, 4) is 5.75 Å². The average Bonchev–Trinajstić information content (AvgIpc) is 3.07. The molecule has 0 aliphatic carbocycles. The number of carbonyl (C=O) groups excluding carboxylic acids is 1. The zero-order chi connectivity index (χ0) is 24.6. The van der Waals surface area contributed by atoms with E-state index in [4.69, 9.17) is 21.1 Å². The molecule has 1 aromatic heterocycles. The van der Waals surface area contributed by atoms with Crippen molar-refractivity contribution < 1.29 is 14.3 Å². The van der Waals surface area contributed by atoms with Crippen LogP contribution in [0.2, 0.25) is 5.02 Å². The Labute approximate surface area is 219 Å². The van der Waals surface area contributed by atoms with Gasteiger partial charge in [-0.1, -0.05) is 41.1 Å². The molecule has 0 amide bonds. The minimum Gasteiger partial charge on any atom is -0.496 e. The first-order chi connectivity index (χ1) is 16.2. The van der Waals surface area contributed by atoms with Gasteiger partial charge in [-0.05, 0) is 84.8 Å². The van der Waals surface area contributed by atoms with E-state index < -0.39 is 12.0 Å². The topological polar surface area (TPSA) is 69.9 Å². The van der Waals surface area contributed by atoms with Gasteiger partial charge in [-0.15, -0.1) is 0 Å². The van der Waals surface area contributed by atoms with Crippen LogP contribution in [0, 0.1) is 3.57 Å². The van der Waals surface area contributed by atoms with Crippen LogP contribution >= 0.6 is 45.5 Å². The summed E-state index contributed by atoms with van der Waals surface area (Å²) >= 11 is 9.59. The first-order valence-electron chi connectivity index (χ1n) is 10.5. The van der Waals surface area contributed by atoms with E-state index in [2.05, 4.69) is 27.6 Å². The summed E-state index contributed by atoms with van der Waals surface area (Å²) in [6, 6.07) is 12.2. The molecular weight excluding hydrogens is 587 g/mol. The van der Waals surface area contributed by atoms with Crippen LogP contribution in [0.5, 0.6) is 5.75 Å². The Bertz CT molecular complexity index is 1470. The van der Waals surface area contributed by atoms with Gasteiger partial charge in [-0.3, -0.25) is 9.36 Å². The Morgan fingerprint density at radius 3 is 2.56 bits per heavy atom. The molecule has 0 saturated carbocycles. The Morgan fingerprint density at radius 1 is 1.24 bits per heavy atom. The highest BCUT2D eigenvalue weighted by Gasteiger charge is 2.33. The molecule has 6 nitrogen and oxygen atoms in total. The van der Waals surface area contributed by atoms with Gasteiger partial charge in [0, 0.05) is 5.02 Å². The fraction of sp³-hybridized carbons (Fsp3) is 0.240. The van der Waals surface area contributed by atoms with Crippen LogP contribution in [0.15, 0.2) is 63.5 Å². The molecule has 0 N–H and O–H groups in total. The third-order valence-electron chi connectivity index (χ3n) is 5.24. The van der Waals surface area contributed by atoms with E-state index in [1.54, 1.807) is 44.6 Å². The summed E-state index contributed by atoms with van der Waals surface area (Å²) in [5.74, 6) is 0.279. The number of hydrogen-bond donors (Lipinski definition) is 0. The Balaban J connectivity index is 1.92. The van der Waals surface area contributed by atoms with Crippen molar-refractivity contribution in [2.24, 2.45) is 4.99 Å². The average molecular weight is 609 g/mol. The Hall–Kier alpha value is -2.43. The summed E-state index contributed by atoms with van der Waals surface area (Å²) in [5, 5.41) is 0.567. The largest absolute Gasteiger partial charge is 0.496 e. The number of carbonyl (C=O) groups is 1. The lowest BCUT2D eigenvalue weighted by Crippen LogP contribution is -2.40. The van der Waals surface area contributed by atoms with Crippen LogP contribution in [-0.4, -0.2) is 23.8 Å². The summed E-state index contributed by atoms with van der Waals surface area (Å²) in [5.41, 5.74) is 2.26. The van der Waals surface area contributed by atoms with Crippen LogP contribution in [0.1, 0.15) is 37.9 Å². The van der Waals surface area contributed by atoms with Crippen molar-refractivity contribution in [3.05, 3.63) is 93.1 Å². The molecule has 2 heterocycles. The molecule has 34 heavy (non-hydrogen) atoms. The summed E-state index contributed by atoms with van der Waals surface area (Å²) in [6.07, 6.45) is 1.52. The van der Waals surface area contributed by atoms with Crippen molar-refractivity contribution >= 4 is 57.6 Å². The molecule has 2 aromatic carbocycles. The van der Waals surface area contributed by atoms with Crippen molar-refractivity contribution in [2.75, 3.05) is 7.11 Å². The molecule has 0 spiro atoms. The third kappa shape index (κ3) is 4.85. The van der Waals surface area contributed by atoms with Gasteiger partial charge in [0.05, 0.1) is 38.6 Å². The van der Waals surface area contributed by atoms with E-state index in [0.29, 0.717) is 25.6 Å². The normalized spacial score (nSPS) is 15.9. The highest BCUT2D eigenvalue weighted by molar-refractivity contribution is 14.1. The van der Waals surface area contributed by atoms with Gasteiger partial charge in [-0.2, -0.15) is 0 Å². The molecule has 9 heteroatoms. The van der Waals surface area contributed by atoms with Crippen LogP contribution < -0.4 is 19.6 Å². The lowest BCUT2D eigenvalue weighted by atomic mass is 9.96. The summed E-state index contributed by atoms with van der Waals surface area (Å²) in [4.78, 5) is 31.9. The molecule has 176 valence electrons. The van der Waals surface area contributed by atoms with E-state index >= 15 is 0 Å². The number of esters is 1. The van der Waals surface area contributed by atoms with Gasteiger partial charge in [-0.25, -0.2) is 9.79 Å². The maximum Gasteiger partial charge on any atom is 0.338 e. The van der Waals surface area contributed by atoms with E-state index in [9.17, 15) is 9.59 Å². The number of methoxy groups -OCH3 is 1. The maximum absolute atomic E-state index is 13.6. The summed E-state index contributed by atoms with van der Waals surface area (Å²) < 4.78 is 13.9. The maximum atomic E-state index is 13.6. The fourth-order valence-corrected chi connectivity index (χ4v) is 5.68. The van der Waals surface area contributed by atoms with Gasteiger partial charge in [0.1, 0.15) is 5.75 Å². The number of fused-ring (bicyclic) bond motifs is 1. The highest BCUT2D eigenvalue weighted by atomic mass is 127. The van der Waals surface area contributed by atoms with Gasteiger partial charge in [0.2, 0.25) is 0 Å². The quantitative estimate of drug-likeness (QED) is 0.317. The van der Waals surface area contributed by atoms with E-state index in [1.807, 2.05) is 36.4 Å². The van der Waals surface area contributed by atoms with E-state index in [0.717, 1.165) is 20.4 Å². The minimum atomic E-state index is -0.669. The van der Waals surface area contributed by atoms with Crippen molar-refractivity contribution in [3.63, 3.8) is 0 Å². The van der Waals surface area contributed by atoms with Crippen LogP contribution in [0.4, 0.5) is 0 Å². The molecule has 0 bridgehead atoms. The zero-order valence-corrected chi connectivity index (χ0v) is 22.7. The number of hydrogen-bond acceptors (Lipinski definition) is 6. The number of benzene rings is 2. The second-order valence-corrected chi connectivity index (χ2v) is 10.6. The van der Waals surface area contributed by atoms with Gasteiger partial charge in [0.25, 0.3) is 5.56 Å². The zero-order valence-electron chi connectivity index (χ0n) is 19.0. The fourth-order valence-electron chi connectivity index (χ4n) is 3.74. The summed E-state index contributed by atoms with van der Waals surface area (Å²) in [6.45, 7) is 5.34. The summed E-state index contributed by atoms with van der Waals surface area (Å²) in [7, 11) is 1.62. The van der Waals surface area contributed by atoms with Crippen molar-refractivity contribution in [1.82, 2.24) is 4.57 Å². The predicted molar refractivity (Wildman–Crippen MR) is 142 cm³/mol. The lowest BCUT2D eigenvalue weighted by molar-refractivity contribution is -0.143. The third-order valence-corrected chi connectivity index (χ3v) is 7.32. The van der Waals surface area contributed by atoms with Crippen LogP contribution in [0.3, 0.4) is 0 Å². The molecule has 4 rings (SSSR count). The second-order valence-electron chi connectivity index (χ2n) is 7.98. The number of rotatable bonds is 5. The monoisotopic (exact) mass is 608 g/mol. The van der Waals surface area contributed by atoms with Crippen LogP contribution in [0.25, 0.3) is 6.08 Å². The van der Waals surface area contributed by atoms with Crippen molar-refractivity contribution in [2.45, 2.75) is 32.9 Å². The van der Waals surface area contributed by atoms with Gasteiger partial charge < -0.3 is 9.47 Å². The molecule has 1 aliphatic rings. The first kappa shape index (κ1) is 24.7. The van der Waals surface area contributed by atoms with Gasteiger partial charge >= 0.3 is 5.97 Å². The van der Waals surface area contributed by atoms with E-state index in [-0.39, 0.29) is 11.7 Å².